The number of nitrogens with two attached hydrogens (primary N) is 1. The number of sulfonamides is 1. The Hall–Kier alpha value is -0.700. The average Bonchev–Trinajstić information content (AvgIpc) is 2.98. The van der Waals surface area contributed by atoms with Crippen LogP contribution in [0.4, 0.5) is 10.1 Å². The van der Waals surface area contributed by atoms with Crippen molar-refractivity contribution < 1.29 is 12.8 Å². The summed E-state index contributed by atoms with van der Waals surface area (Å²) < 4.78 is 41.2. The summed E-state index contributed by atoms with van der Waals surface area (Å²) in [6.07, 6.45) is 2.91. The molecule has 5 nitrogen and oxygen atoms in total. The molecule has 0 spiro atoms. The number of rotatable bonds is 3. The van der Waals surface area contributed by atoms with Gasteiger partial charge in [0.15, 0.2) is 0 Å². The number of halogens is 2. The van der Waals surface area contributed by atoms with Gasteiger partial charge in [0.1, 0.15) is 10.7 Å². The molecule has 0 radical (unpaired) electrons. The number of nitrogens with one attached hydrogen (secondary N) is 1. The van der Waals surface area contributed by atoms with Crippen LogP contribution in [0.1, 0.15) is 19.3 Å². The first kappa shape index (κ1) is 15.2. The first-order valence-electron chi connectivity index (χ1n) is 6.89. The van der Waals surface area contributed by atoms with Crippen LogP contribution < -0.4 is 10.5 Å². The minimum Gasteiger partial charge on any atom is -0.398 e. The van der Waals surface area contributed by atoms with Gasteiger partial charge in [0, 0.05) is 18.6 Å². The summed E-state index contributed by atoms with van der Waals surface area (Å²) in [7, 11) is -3.75. The number of hydrogen-bond donors (Lipinski definition) is 2. The molecule has 3 N–H and O–H groups in total. The molecule has 0 aromatic heterocycles. The third-order valence-electron chi connectivity index (χ3n) is 4.25. The van der Waals surface area contributed by atoms with Crippen molar-refractivity contribution in [3.8, 4) is 0 Å². The van der Waals surface area contributed by atoms with E-state index in [0.29, 0.717) is 0 Å². The fourth-order valence-electron chi connectivity index (χ4n) is 3.26. The molecule has 2 heterocycles. The van der Waals surface area contributed by atoms with Crippen LogP contribution in [0.2, 0.25) is 0 Å². The molecule has 2 saturated heterocycles. The molecule has 2 aliphatic heterocycles. The number of benzene rings is 1. The highest BCUT2D eigenvalue weighted by molar-refractivity contribution is 9.10. The zero-order chi connectivity index (χ0) is 15.2. The van der Waals surface area contributed by atoms with Gasteiger partial charge in [-0.15, -0.1) is 0 Å². The monoisotopic (exact) mass is 377 g/mol. The minimum absolute atomic E-state index is 0.0766. The van der Waals surface area contributed by atoms with Gasteiger partial charge < -0.3 is 5.73 Å². The highest BCUT2D eigenvalue weighted by Crippen LogP contribution is 2.31. The molecule has 0 bridgehead atoms. The van der Waals surface area contributed by atoms with E-state index in [1.165, 1.54) is 6.07 Å². The molecule has 8 heteroatoms. The van der Waals surface area contributed by atoms with E-state index in [1.807, 2.05) is 0 Å². The Labute approximate surface area is 131 Å². The number of fused-ring (bicyclic) bond motifs is 1. The van der Waals surface area contributed by atoms with Crippen LogP contribution in [0.3, 0.4) is 0 Å². The van der Waals surface area contributed by atoms with E-state index in [2.05, 4.69) is 25.6 Å². The van der Waals surface area contributed by atoms with E-state index < -0.39 is 15.8 Å². The van der Waals surface area contributed by atoms with Crippen LogP contribution in [-0.4, -0.2) is 38.5 Å². The largest absolute Gasteiger partial charge is 0.398 e. The average molecular weight is 378 g/mol. The zero-order valence-electron chi connectivity index (χ0n) is 11.4. The molecule has 1 aromatic carbocycles. The molecule has 1 aromatic rings. The molecule has 0 aliphatic carbocycles. The fraction of sp³-hybridized carbons (Fsp3) is 0.538. The lowest BCUT2D eigenvalue weighted by Gasteiger charge is -2.21. The van der Waals surface area contributed by atoms with Gasteiger partial charge in [0.2, 0.25) is 10.0 Å². The summed E-state index contributed by atoms with van der Waals surface area (Å²) in [6, 6.07) is 2.41. The van der Waals surface area contributed by atoms with Crippen molar-refractivity contribution in [2.45, 2.75) is 36.2 Å². The molecule has 2 aliphatic rings. The first-order chi connectivity index (χ1) is 9.88. The molecular weight excluding hydrogens is 361 g/mol. The van der Waals surface area contributed by atoms with Crippen LogP contribution in [0, 0.1) is 5.82 Å². The van der Waals surface area contributed by atoms with E-state index in [1.54, 1.807) is 0 Å². The van der Waals surface area contributed by atoms with Crippen LogP contribution >= 0.6 is 15.9 Å². The van der Waals surface area contributed by atoms with Crippen molar-refractivity contribution in [2.24, 2.45) is 0 Å². The Bertz CT molecular complexity index is 668. The summed E-state index contributed by atoms with van der Waals surface area (Å²) in [5.41, 5.74) is 5.59. The minimum atomic E-state index is -3.75. The normalized spacial score (nSPS) is 26.2. The fourth-order valence-corrected chi connectivity index (χ4v) is 5.20. The van der Waals surface area contributed by atoms with Gasteiger partial charge in [0.25, 0.3) is 0 Å². The predicted octanol–water partition coefficient (Wildman–Crippen LogP) is 1.69. The molecule has 3 rings (SSSR count). The number of hydrogen-bond acceptors (Lipinski definition) is 4. The Balaban J connectivity index is 1.86. The Kier molecular flexibility index (Phi) is 3.98. The van der Waals surface area contributed by atoms with E-state index in [0.717, 1.165) is 38.4 Å². The lowest BCUT2D eigenvalue weighted by Crippen LogP contribution is -2.42. The molecule has 0 saturated carbocycles. The van der Waals surface area contributed by atoms with Crippen LogP contribution in [-0.2, 0) is 10.0 Å². The van der Waals surface area contributed by atoms with Crippen molar-refractivity contribution in [1.82, 2.24) is 9.62 Å². The number of anilines is 1. The van der Waals surface area contributed by atoms with Crippen molar-refractivity contribution >= 4 is 31.6 Å². The second kappa shape index (κ2) is 5.49. The summed E-state index contributed by atoms with van der Waals surface area (Å²) in [5, 5.41) is 0. The third kappa shape index (κ3) is 2.81. The van der Waals surface area contributed by atoms with Crippen molar-refractivity contribution in [1.29, 1.82) is 0 Å². The maximum Gasteiger partial charge on any atom is 0.242 e. The SMILES string of the molecule is Nc1cc(F)c(Br)cc1S(=O)(=O)NC1CCN2CCCC12. The lowest BCUT2D eigenvalue weighted by atomic mass is 10.1. The molecule has 21 heavy (non-hydrogen) atoms. The first-order valence-corrected chi connectivity index (χ1v) is 9.17. The molecule has 2 atom stereocenters. The maximum atomic E-state index is 13.4. The van der Waals surface area contributed by atoms with Crippen molar-refractivity contribution in [3.05, 3.63) is 22.4 Å². The van der Waals surface area contributed by atoms with Gasteiger partial charge in [-0.25, -0.2) is 17.5 Å². The van der Waals surface area contributed by atoms with Gasteiger partial charge in [-0.05, 0) is 53.9 Å². The summed E-state index contributed by atoms with van der Waals surface area (Å²) >= 11 is 3.00. The summed E-state index contributed by atoms with van der Waals surface area (Å²) in [6.45, 7) is 1.95. The highest BCUT2D eigenvalue weighted by atomic mass is 79.9. The molecule has 2 unspecified atom stereocenters. The Morgan fingerprint density at radius 2 is 2.10 bits per heavy atom. The second-order valence-corrected chi connectivity index (χ2v) is 8.10. The summed E-state index contributed by atoms with van der Waals surface area (Å²) in [4.78, 5) is 2.24. The van der Waals surface area contributed by atoms with Crippen LogP contribution in [0.25, 0.3) is 0 Å². The molecule has 0 amide bonds. The standard InChI is InChI=1S/C13H17BrFN3O2S/c14-8-6-13(10(16)7-9(8)15)21(19,20)17-11-3-5-18-4-1-2-12(11)18/h6-7,11-12,17H,1-5,16H2. The van der Waals surface area contributed by atoms with Crippen molar-refractivity contribution in [3.63, 3.8) is 0 Å². The zero-order valence-corrected chi connectivity index (χ0v) is 13.8. The van der Waals surface area contributed by atoms with Gasteiger partial charge >= 0.3 is 0 Å². The van der Waals surface area contributed by atoms with Crippen LogP contribution in [0.5, 0.6) is 0 Å². The topological polar surface area (TPSA) is 75.4 Å². The molecular formula is C13H17BrFN3O2S. The quantitative estimate of drug-likeness (QED) is 0.785. The van der Waals surface area contributed by atoms with E-state index in [9.17, 15) is 12.8 Å². The third-order valence-corrected chi connectivity index (χ3v) is 6.41. The number of nitrogens with zero attached hydrogens (tertiary/aromatic N) is 1. The molecule has 116 valence electrons. The number of nitrogen functional groups attached to an aromatic ring is 1. The van der Waals surface area contributed by atoms with Gasteiger partial charge in [0.05, 0.1) is 10.2 Å². The highest BCUT2D eigenvalue weighted by Gasteiger charge is 2.39. The predicted molar refractivity (Wildman–Crippen MR) is 81.8 cm³/mol. The van der Waals surface area contributed by atoms with E-state index in [4.69, 9.17) is 5.73 Å². The smallest absolute Gasteiger partial charge is 0.242 e. The van der Waals surface area contributed by atoms with Crippen LogP contribution in [0.15, 0.2) is 21.5 Å². The molecule has 2 fully saturated rings. The Morgan fingerprint density at radius 1 is 1.33 bits per heavy atom. The van der Waals surface area contributed by atoms with Crippen molar-refractivity contribution in [2.75, 3.05) is 18.8 Å². The summed E-state index contributed by atoms with van der Waals surface area (Å²) in [5.74, 6) is -0.575. The van der Waals surface area contributed by atoms with Gasteiger partial charge in [-0.3, -0.25) is 4.90 Å². The van der Waals surface area contributed by atoms with E-state index >= 15 is 0 Å². The Morgan fingerprint density at radius 3 is 2.86 bits per heavy atom. The van der Waals surface area contributed by atoms with Gasteiger partial charge in [-0.1, -0.05) is 0 Å². The lowest BCUT2D eigenvalue weighted by molar-refractivity contribution is 0.309. The van der Waals surface area contributed by atoms with Gasteiger partial charge in [-0.2, -0.15) is 0 Å². The second-order valence-electron chi connectivity index (χ2n) is 5.57. The van der Waals surface area contributed by atoms with E-state index in [-0.39, 0.29) is 27.1 Å². The maximum absolute atomic E-state index is 13.4.